The Morgan fingerprint density at radius 2 is 1.83 bits per heavy atom. The smallest absolute Gasteiger partial charge is 0.297 e. The fourth-order valence-electron chi connectivity index (χ4n) is 2.11. The van der Waals surface area contributed by atoms with Crippen molar-refractivity contribution in [2.24, 2.45) is 0 Å². The van der Waals surface area contributed by atoms with Crippen molar-refractivity contribution >= 4 is 23.2 Å². The molecule has 3 rings (SSSR count). The van der Waals surface area contributed by atoms with Gasteiger partial charge in [0.2, 0.25) is 5.82 Å². The molecule has 24 heavy (non-hydrogen) atoms. The first kappa shape index (κ1) is 15.7. The van der Waals surface area contributed by atoms with Gasteiger partial charge in [0.05, 0.1) is 17.3 Å². The van der Waals surface area contributed by atoms with Crippen LogP contribution in [0.15, 0.2) is 54.9 Å². The molecule has 0 aliphatic rings. The highest BCUT2D eigenvalue weighted by Gasteiger charge is 2.18. The van der Waals surface area contributed by atoms with E-state index >= 15 is 0 Å². The average molecular weight is 338 g/mol. The molecular formula is C17H12ClN5O. The minimum absolute atomic E-state index is 0.0804. The molecule has 0 fully saturated rings. The summed E-state index contributed by atoms with van der Waals surface area (Å²) >= 11 is 5.86. The number of carbonyl (C=O) groups is 1. The highest BCUT2D eigenvalue weighted by molar-refractivity contribution is 6.30. The summed E-state index contributed by atoms with van der Waals surface area (Å²) in [7, 11) is 1.63. The maximum atomic E-state index is 12.5. The van der Waals surface area contributed by atoms with Gasteiger partial charge in [-0.15, -0.1) is 5.10 Å². The molecule has 1 heterocycles. The van der Waals surface area contributed by atoms with Crippen LogP contribution >= 0.6 is 11.6 Å². The van der Waals surface area contributed by atoms with E-state index in [0.29, 0.717) is 16.3 Å². The molecule has 1 aromatic heterocycles. The van der Waals surface area contributed by atoms with Crippen molar-refractivity contribution in [3.05, 3.63) is 71.3 Å². The van der Waals surface area contributed by atoms with Crippen LogP contribution in [0.4, 0.5) is 5.69 Å². The third-order valence-electron chi connectivity index (χ3n) is 3.46. The summed E-state index contributed by atoms with van der Waals surface area (Å²) in [6.45, 7) is 0. The lowest BCUT2D eigenvalue weighted by atomic mass is 10.2. The van der Waals surface area contributed by atoms with Gasteiger partial charge in [0.15, 0.2) is 0 Å². The largest absolute Gasteiger partial charge is 0.309 e. The van der Waals surface area contributed by atoms with E-state index in [1.807, 2.05) is 6.07 Å². The Kier molecular flexibility index (Phi) is 4.27. The molecule has 0 atom stereocenters. The number of nitrogens with zero attached hydrogens (tertiary/aromatic N) is 5. The van der Waals surface area contributed by atoms with Gasteiger partial charge < -0.3 is 4.90 Å². The van der Waals surface area contributed by atoms with E-state index < -0.39 is 0 Å². The van der Waals surface area contributed by atoms with Crippen LogP contribution in [0, 0.1) is 11.3 Å². The van der Waals surface area contributed by atoms with E-state index in [1.54, 1.807) is 55.6 Å². The normalized spacial score (nSPS) is 10.2. The van der Waals surface area contributed by atoms with E-state index in [1.165, 1.54) is 15.9 Å². The predicted octanol–water partition coefficient (Wildman–Crippen LogP) is 3.07. The Labute approximate surface area is 143 Å². The third kappa shape index (κ3) is 3.12. The van der Waals surface area contributed by atoms with Crippen molar-refractivity contribution in [2.75, 3.05) is 11.9 Å². The van der Waals surface area contributed by atoms with Gasteiger partial charge >= 0.3 is 0 Å². The van der Waals surface area contributed by atoms with Gasteiger partial charge in [0.25, 0.3) is 5.91 Å². The summed E-state index contributed by atoms with van der Waals surface area (Å²) in [6.07, 6.45) is 1.48. The molecule has 0 aliphatic carbocycles. The van der Waals surface area contributed by atoms with E-state index in [4.69, 9.17) is 16.9 Å². The van der Waals surface area contributed by atoms with Crippen molar-refractivity contribution in [3.63, 3.8) is 0 Å². The number of anilines is 1. The number of nitriles is 1. The van der Waals surface area contributed by atoms with E-state index in [9.17, 15) is 4.79 Å². The highest BCUT2D eigenvalue weighted by Crippen LogP contribution is 2.16. The number of hydrogen-bond acceptors (Lipinski definition) is 4. The lowest BCUT2D eigenvalue weighted by Crippen LogP contribution is -2.27. The number of aromatic nitrogens is 3. The molecule has 118 valence electrons. The van der Waals surface area contributed by atoms with Gasteiger partial charge in [0.1, 0.15) is 6.33 Å². The van der Waals surface area contributed by atoms with Crippen LogP contribution in [-0.4, -0.2) is 27.7 Å². The molecule has 0 saturated heterocycles. The molecule has 0 bridgehead atoms. The Hall–Kier alpha value is -3.17. The minimum Gasteiger partial charge on any atom is -0.309 e. The van der Waals surface area contributed by atoms with Gasteiger partial charge in [-0.05, 0) is 48.5 Å². The van der Waals surface area contributed by atoms with E-state index in [0.717, 1.165) is 5.69 Å². The number of halogens is 1. The SMILES string of the molecule is CN(C(=O)c1ncn(-c2ccc(Cl)cc2)n1)c1ccc(C#N)cc1. The van der Waals surface area contributed by atoms with Gasteiger partial charge in [-0.25, -0.2) is 9.67 Å². The van der Waals surface area contributed by atoms with Crippen molar-refractivity contribution in [3.8, 4) is 11.8 Å². The number of amides is 1. The molecule has 0 unspecified atom stereocenters. The molecule has 0 N–H and O–H groups in total. The summed E-state index contributed by atoms with van der Waals surface area (Å²) in [5, 5.41) is 13.7. The van der Waals surface area contributed by atoms with Crippen LogP contribution in [0.1, 0.15) is 16.2 Å². The molecule has 0 spiro atoms. The zero-order valence-electron chi connectivity index (χ0n) is 12.7. The van der Waals surface area contributed by atoms with Crippen molar-refractivity contribution in [1.29, 1.82) is 5.26 Å². The number of rotatable bonds is 3. The fraction of sp³-hybridized carbons (Fsp3) is 0.0588. The number of benzene rings is 2. The average Bonchev–Trinajstić information content (AvgIpc) is 3.11. The quantitative estimate of drug-likeness (QED) is 0.736. The lowest BCUT2D eigenvalue weighted by Gasteiger charge is -2.15. The zero-order valence-corrected chi connectivity index (χ0v) is 13.5. The maximum absolute atomic E-state index is 12.5. The minimum atomic E-state index is -0.340. The van der Waals surface area contributed by atoms with Crippen LogP contribution in [0.3, 0.4) is 0 Å². The van der Waals surface area contributed by atoms with Gasteiger partial charge in [-0.3, -0.25) is 4.79 Å². The Morgan fingerprint density at radius 3 is 2.46 bits per heavy atom. The summed E-state index contributed by atoms with van der Waals surface area (Å²) in [5.74, 6) is -0.260. The van der Waals surface area contributed by atoms with Crippen molar-refractivity contribution in [2.45, 2.75) is 0 Å². The van der Waals surface area contributed by atoms with Crippen molar-refractivity contribution in [1.82, 2.24) is 14.8 Å². The first-order valence-corrected chi connectivity index (χ1v) is 7.42. The van der Waals surface area contributed by atoms with E-state index in [-0.39, 0.29) is 11.7 Å². The zero-order chi connectivity index (χ0) is 17.1. The van der Waals surface area contributed by atoms with Crippen LogP contribution in [0.2, 0.25) is 5.02 Å². The molecule has 2 aromatic carbocycles. The monoisotopic (exact) mass is 337 g/mol. The molecule has 0 saturated carbocycles. The highest BCUT2D eigenvalue weighted by atomic mass is 35.5. The fourth-order valence-corrected chi connectivity index (χ4v) is 2.23. The maximum Gasteiger partial charge on any atom is 0.297 e. The van der Waals surface area contributed by atoms with E-state index in [2.05, 4.69) is 10.1 Å². The third-order valence-corrected chi connectivity index (χ3v) is 3.71. The number of hydrogen-bond donors (Lipinski definition) is 0. The second-order valence-electron chi connectivity index (χ2n) is 5.01. The molecule has 6 nitrogen and oxygen atoms in total. The van der Waals surface area contributed by atoms with Crippen LogP contribution in [0.25, 0.3) is 5.69 Å². The lowest BCUT2D eigenvalue weighted by molar-refractivity contribution is 0.0983. The Bertz CT molecular complexity index is 909. The molecule has 0 aliphatic heterocycles. The van der Waals surface area contributed by atoms with Crippen LogP contribution in [0.5, 0.6) is 0 Å². The molecule has 7 heteroatoms. The van der Waals surface area contributed by atoms with Crippen LogP contribution in [-0.2, 0) is 0 Å². The van der Waals surface area contributed by atoms with Gasteiger partial charge in [-0.1, -0.05) is 11.6 Å². The molecular weight excluding hydrogens is 326 g/mol. The first-order valence-electron chi connectivity index (χ1n) is 7.04. The van der Waals surface area contributed by atoms with Crippen LogP contribution < -0.4 is 4.90 Å². The molecule has 3 aromatic rings. The predicted molar refractivity (Wildman–Crippen MR) is 90.3 cm³/mol. The number of carbonyl (C=O) groups excluding carboxylic acids is 1. The summed E-state index contributed by atoms with van der Waals surface area (Å²) in [5.41, 5.74) is 1.94. The second kappa shape index (κ2) is 6.52. The topological polar surface area (TPSA) is 74.8 Å². The van der Waals surface area contributed by atoms with Crippen molar-refractivity contribution < 1.29 is 4.79 Å². The first-order chi connectivity index (χ1) is 11.6. The summed E-state index contributed by atoms with van der Waals surface area (Å²) in [6, 6.07) is 15.8. The summed E-state index contributed by atoms with van der Waals surface area (Å²) < 4.78 is 1.51. The Balaban J connectivity index is 1.82. The second-order valence-corrected chi connectivity index (χ2v) is 5.45. The van der Waals surface area contributed by atoms with Gasteiger partial charge in [-0.2, -0.15) is 5.26 Å². The molecule has 1 amide bonds. The standard InChI is InChI=1S/C17H12ClN5O/c1-22(14-6-2-12(10-19)3-7-14)17(24)16-20-11-23(21-16)15-8-4-13(18)5-9-15/h2-9,11H,1H3. The molecule has 0 radical (unpaired) electrons. The summed E-state index contributed by atoms with van der Waals surface area (Å²) in [4.78, 5) is 18.0. The Morgan fingerprint density at radius 1 is 1.17 bits per heavy atom. The van der Waals surface area contributed by atoms with Gasteiger partial charge in [0, 0.05) is 17.8 Å².